The van der Waals surface area contributed by atoms with Gasteiger partial charge in [-0.05, 0) is 25.7 Å². The first-order chi connectivity index (χ1) is 8.24. The van der Waals surface area contributed by atoms with Gasteiger partial charge in [-0.15, -0.1) is 0 Å². The second-order valence-corrected chi connectivity index (χ2v) is 5.65. The quantitative estimate of drug-likeness (QED) is 0.410. The van der Waals surface area contributed by atoms with Gasteiger partial charge in [0.25, 0.3) is 0 Å². The fourth-order valence-corrected chi connectivity index (χ4v) is 2.64. The van der Waals surface area contributed by atoms with Gasteiger partial charge in [0.15, 0.2) is 0 Å². The number of quaternary nitrogens is 1. The van der Waals surface area contributed by atoms with Gasteiger partial charge in [-0.1, -0.05) is 53.4 Å². The summed E-state index contributed by atoms with van der Waals surface area (Å²) in [5.41, 5.74) is 0. The Morgan fingerprint density at radius 3 is 0.889 bits per heavy atom. The maximum Gasteiger partial charge on any atom is 3.00 e. The van der Waals surface area contributed by atoms with Crippen LogP contribution in [-0.2, 0) is 0 Å². The molecule has 0 atom stereocenters. The molecule has 0 aliphatic heterocycles. The van der Waals surface area contributed by atoms with E-state index in [1.807, 2.05) is 0 Å². The van der Waals surface area contributed by atoms with Crippen LogP contribution in [0.15, 0.2) is 0 Å². The predicted molar refractivity (Wildman–Crippen MR) is 79.4 cm³/mol. The van der Waals surface area contributed by atoms with E-state index in [1.54, 1.807) is 0 Å². The molecule has 2 heteroatoms. The first kappa shape index (κ1) is 21.6. The van der Waals surface area contributed by atoms with E-state index >= 15 is 0 Å². The van der Waals surface area contributed by atoms with Crippen LogP contribution in [0.3, 0.4) is 0 Å². The van der Waals surface area contributed by atoms with Gasteiger partial charge in [-0.25, -0.2) is 0 Å². The number of nitrogens with zero attached hydrogens (tertiary/aromatic N) is 1. The third-order valence-corrected chi connectivity index (χ3v) is 3.94. The number of hydrogen-bond acceptors (Lipinski definition) is 0. The van der Waals surface area contributed by atoms with Gasteiger partial charge in [0.1, 0.15) is 0 Å². The molecule has 0 heterocycles. The normalized spacial score (nSPS) is 11.3. The van der Waals surface area contributed by atoms with Crippen molar-refractivity contribution in [2.75, 3.05) is 26.2 Å². The first-order valence-corrected chi connectivity index (χ1v) is 8.09. The van der Waals surface area contributed by atoms with Crippen molar-refractivity contribution in [3.8, 4) is 0 Å². The monoisotopic (exact) mass is 394 g/mol. The van der Waals surface area contributed by atoms with E-state index < -0.39 is 0 Å². The second-order valence-electron chi connectivity index (χ2n) is 5.65. The summed E-state index contributed by atoms with van der Waals surface area (Å²) in [4.78, 5) is 0. The Morgan fingerprint density at radius 1 is 0.500 bits per heavy atom. The fraction of sp³-hybridized carbons (Fsp3) is 1.00. The maximum atomic E-state index is 2.33. The topological polar surface area (TPSA) is 0 Å². The zero-order chi connectivity index (χ0) is 13.0. The summed E-state index contributed by atoms with van der Waals surface area (Å²) in [5, 5.41) is 0. The average Bonchev–Trinajstić information content (AvgIpc) is 2.37. The molecule has 107 valence electrons. The molecule has 1 radical (unpaired) electrons. The predicted octanol–water partition coefficient (Wildman–Crippen LogP) is 5.00. The van der Waals surface area contributed by atoms with Crippen molar-refractivity contribution in [3.63, 3.8) is 0 Å². The van der Waals surface area contributed by atoms with E-state index in [0.29, 0.717) is 0 Å². The molecule has 0 bridgehead atoms. The van der Waals surface area contributed by atoms with Crippen molar-refractivity contribution in [1.29, 1.82) is 0 Å². The average molecular weight is 393 g/mol. The van der Waals surface area contributed by atoms with Gasteiger partial charge < -0.3 is 4.48 Å². The van der Waals surface area contributed by atoms with Crippen LogP contribution < -0.4 is 0 Å². The van der Waals surface area contributed by atoms with Crippen LogP contribution in [0.2, 0.25) is 0 Å². The van der Waals surface area contributed by atoms with Crippen LogP contribution in [0.25, 0.3) is 0 Å². The molecule has 0 unspecified atom stereocenters. The Bertz CT molecular complexity index is 122. The summed E-state index contributed by atoms with van der Waals surface area (Å²) in [6, 6.07) is 0. The van der Waals surface area contributed by atoms with Crippen molar-refractivity contribution in [1.82, 2.24) is 0 Å². The van der Waals surface area contributed by atoms with Crippen molar-refractivity contribution < 1.29 is 44.9 Å². The minimum atomic E-state index is 0. The summed E-state index contributed by atoms with van der Waals surface area (Å²) < 4.78 is 1.42. The van der Waals surface area contributed by atoms with Crippen LogP contribution in [-0.4, -0.2) is 30.7 Å². The van der Waals surface area contributed by atoms with Gasteiger partial charge in [0.05, 0.1) is 26.2 Å². The Morgan fingerprint density at radius 2 is 0.722 bits per heavy atom. The second kappa shape index (κ2) is 14.7. The third-order valence-electron chi connectivity index (χ3n) is 3.94. The van der Waals surface area contributed by atoms with Crippen LogP contribution >= 0.6 is 0 Å². The molecule has 0 aromatic rings. The van der Waals surface area contributed by atoms with E-state index in [-0.39, 0.29) is 40.4 Å². The largest absolute Gasteiger partial charge is 3.00 e. The molecule has 0 amide bonds. The van der Waals surface area contributed by atoms with Crippen molar-refractivity contribution in [2.24, 2.45) is 0 Å². The summed E-state index contributed by atoms with van der Waals surface area (Å²) >= 11 is 0. The minimum absolute atomic E-state index is 0. The van der Waals surface area contributed by atoms with E-state index in [0.717, 1.165) is 0 Å². The molecule has 0 aliphatic carbocycles. The molecular formula is C16H36NSm+4. The zero-order valence-electron chi connectivity index (χ0n) is 13.3. The van der Waals surface area contributed by atoms with Crippen LogP contribution in [0.4, 0.5) is 0 Å². The molecule has 1 nitrogen and oxygen atoms in total. The molecule has 0 fully saturated rings. The maximum absolute atomic E-state index is 2.33. The molecule has 18 heavy (non-hydrogen) atoms. The fourth-order valence-electron chi connectivity index (χ4n) is 2.64. The van der Waals surface area contributed by atoms with Crippen molar-refractivity contribution in [3.05, 3.63) is 0 Å². The molecule has 0 N–H and O–H groups in total. The van der Waals surface area contributed by atoms with Gasteiger partial charge in [-0.3, -0.25) is 0 Å². The summed E-state index contributed by atoms with van der Waals surface area (Å²) in [7, 11) is 0. The van der Waals surface area contributed by atoms with Crippen molar-refractivity contribution in [2.45, 2.75) is 79.1 Å². The van der Waals surface area contributed by atoms with Crippen LogP contribution in [0.1, 0.15) is 79.1 Å². The molecule has 0 spiro atoms. The Labute approximate surface area is 149 Å². The molecule has 0 rings (SSSR count). The molecule has 0 aliphatic rings. The minimum Gasteiger partial charge on any atom is -0.324 e. The first-order valence-electron chi connectivity index (χ1n) is 8.09. The SMILES string of the molecule is CCCC[N+](CCCC)(CCCC)CCCC.[Sm+3]. The summed E-state index contributed by atoms with van der Waals surface area (Å²) in [6.07, 6.45) is 11.1. The molecule has 0 aromatic carbocycles. The Balaban J connectivity index is 0. The summed E-state index contributed by atoms with van der Waals surface area (Å²) in [6.45, 7) is 15.0. The molecular weight excluding hydrogens is 357 g/mol. The number of hydrogen-bond donors (Lipinski definition) is 0. The van der Waals surface area contributed by atoms with E-state index in [4.69, 9.17) is 0 Å². The van der Waals surface area contributed by atoms with Crippen molar-refractivity contribution >= 4 is 0 Å². The van der Waals surface area contributed by atoms with Gasteiger partial charge in [0.2, 0.25) is 0 Å². The molecule has 0 saturated carbocycles. The molecule has 0 saturated heterocycles. The smallest absolute Gasteiger partial charge is 0.324 e. The standard InChI is InChI=1S/C16H36N.Sm/c1-5-9-13-17(14-10-6-2,15-11-7-3)16-12-8-4;/h5-16H2,1-4H3;/q+1;+3. The van der Waals surface area contributed by atoms with Crippen LogP contribution in [0, 0.1) is 40.4 Å². The van der Waals surface area contributed by atoms with Crippen LogP contribution in [0.5, 0.6) is 0 Å². The van der Waals surface area contributed by atoms with Gasteiger partial charge in [0, 0.05) is 0 Å². The van der Waals surface area contributed by atoms with E-state index in [2.05, 4.69) is 27.7 Å². The zero-order valence-corrected chi connectivity index (χ0v) is 16.0. The van der Waals surface area contributed by atoms with Gasteiger partial charge >= 0.3 is 40.4 Å². The van der Waals surface area contributed by atoms with E-state index in [9.17, 15) is 0 Å². The Hall–Kier alpha value is 1.30. The third kappa shape index (κ3) is 10.1. The number of rotatable bonds is 12. The molecule has 0 aromatic heterocycles. The van der Waals surface area contributed by atoms with E-state index in [1.165, 1.54) is 82.0 Å². The Kier molecular flexibility index (Phi) is 17.6. The summed E-state index contributed by atoms with van der Waals surface area (Å²) in [5.74, 6) is 0. The van der Waals surface area contributed by atoms with Gasteiger partial charge in [-0.2, -0.15) is 0 Å². The number of unbranched alkanes of at least 4 members (excludes halogenated alkanes) is 4.